The van der Waals surface area contributed by atoms with Gasteiger partial charge in [-0.25, -0.2) is 9.18 Å². The molecular formula is C24H26FN2O4+. The lowest BCUT2D eigenvalue weighted by molar-refractivity contribution is -0.734. The highest BCUT2D eigenvalue weighted by atomic mass is 19.1. The van der Waals surface area contributed by atoms with Crippen LogP contribution in [0.1, 0.15) is 31.0 Å². The fraction of sp³-hybridized carbons (Fsp3) is 0.375. The summed E-state index contributed by atoms with van der Waals surface area (Å²) in [6.07, 6.45) is 0.204. The average molecular weight is 425 g/mol. The number of hydrogen-bond acceptors (Lipinski definition) is 4. The van der Waals surface area contributed by atoms with Gasteiger partial charge in [-0.05, 0) is 25.5 Å². The number of rotatable bonds is 6. The third-order valence-electron chi connectivity index (χ3n) is 6.44. The van der Waals surface area contributed by atoms with Crippen molar-refractivity contribution in [1.82, 2.24) is 4.90 Å². The zero-order valence-corrected chi connectivity index (χ0v) is 17.6. The number of halogens is 1. The van der Waals surface area contributed by atoms with Gasteiger partial charge in [-0.1, -0.05) is 48.5 Å². The number of hydrogen-bond donors (Lipinski definition) is 1. The molecule has 2 aromatic carbocycles. The summed E-state index contributed by atoms with van der Waals surface area (Å²) in [7, 11) is 0. The second-order valence-electron chi connectivity index (χ2n) is 8.06. The number of likely N-dealkylation sites (tertiary alicyclic amines) is 1. The molecule has 4 rings (SSSR count). The highest BCUT2D eigenvalue weighted by Crippen LogP contribution is 2.46. The Morgan fingerprint density at radius 2 is 1.74 bits per heavy atom. The largest absolute Gasteiger partial charge is 0.461 e. The zero-order chi connectivity index (χ0) is 22.2. The number of nitrogens with two attached hydrogens (primary N) is 1. The molecule has 2 amide bonds. The van der Waals surface area contributed by atoms with Crippen molar-refractivity contribution >= 4 is 17.8 Å². The lowest BCUT2D eigenvalue weighted by Gasteiger charge is -2.29. The molecule has 2 aliphatic heterocycles. The SMILES string of the molecule is CCOC(=O)[C@]1(Cc2ccccc2)[NH2+][C@@H](c2ccccc2F)[C@@H]2C(=O)N(CC)C(=O)[C@H]21. The van der Waals surface area contributed by atoms with Crippen molar-refractivity contribution in [2.75, 3.05) is 13.2 Å². The summed E-state index contributed by atoms with van der Waals surface area (Å²) in [5, 5.41) is 1.70. The Morgan fingerprint density at radius 3 is 2.39 bits per heavy atom. The number of fused-ring (bicyclic) bond motifs is 1. The molecule has 0 spiro atoms. The lowest BCUT2D eigenvalue weighted by atomic mass is 9.76. The highest BCUT2D eigenvalue weighted by Gasteiger charge is 2.72. The van der Waals surface area contributed by atoms with Crippen LogP contribution in [0.2, 0.25) is 0 Å². The summed E-state index contributed by atoms with van der Waals surface area (Å²) in [4.78, 5) is 41.2. The number of quaternary nitrogens is 1. The molecule has 0 bridgehead atoms. The molecule has 0 saturated carbocycles. The Hall–Kier alpha value is -3.06. The molecule has 31 heavy (non-hydrogen) atoms. The van der Waals surface area contributed by atoms with Crippen LogP contribution in [0.4, 0.5) is 4.39 Å². The number of nitrogens with zero attached hydrogens (tertiary/aromatic N) is 1. The summed E-state index contributed by atoms with van der Waals surface area (Å²) in [5.41, 5.74) is -0.197. The number of ether oxygens (including phenoxy) is 1. The van der Waals surface area contributed by atoms with E-state index in [4.69, 9.17) is 4.74 Å². The van der Waals surface area contributed by atoms with E-state index in [1.165, 1.54) is 11.0 Å². The highest BCUT2D eigenvalue weighted by molar-refractivity contribution is 6.08. The topological polar surface area (TPSA) is 80.3 Å². The molecule has 7 heteroatoms. The number of carbonyl (C=O) groups excluding carboxylic acids is 3. The van der Waals surface area contributed by atoms with E-state index in [0.717, 1.165) is 5.56 Å². The van der Waals surface area contributed by atoms with E-state index in [2.05, 4.69) is 0 Å². The summed E-state index contributed by atoms with van der Waals surface area (Å²) in [6, 6.07) is 14.8. The van der Waals surface area contributed by atoms with Crippen LogP contribution in [0.25, 0.3) is 0 Å². The standard InChI is InChI=1S/C24H25FN2O4/c1-3-27-21(28)18-19(22(27)29)24(23(30)31-4-2,14-15-10-6-5-7-11-15)26-20(18)16-12-8-9-13-17(16)25/h5-13,18-20,26H,3-4,14H2,1-2H3/p+1/t18-,19+,20+,24-/m1/s1. The number of imide groups is 1. The molecule has 2 saturated heterocycles. The minimum atomic E-state index is -1.36. The Bertz CT molecular complexity index is 1010. The van der Waals surface area contributed by atoms with Crippen LogP contribution in [-0.2, 0) is 25.5 Å². The van der Waals surface area contributed by atoms with Crippen molar-refractivity contribution < 1.29 is 28.8 Å². The molecule has 0 radical (unpaired) electrons. The summed E-state index contributed by atoms with van der Waals surface area (Å²) >= 11 is 0. The number of amides is 2. The first-order valence-electron chi connectivity index (χ1n) is 10.6. The molecule has 0 aliphatic carbocycles. The van der Waals surface area contributed by atoms with Crippen LogP contribution in [0.3, 0.4) is 0 Å². The van der Waals surface area contributed by atoms with Crippen molar-refractivity contribution in [2.45, 2.75) is 31.8 Å². The Morgan fingerprint density at radius 1 is 1.06 bits per heavy atom. The van der Waals surface area contributed by atoms with E-state index in [9.17, 15) is 18.8 Å². The van der Waals surface area contributed by atoms with Crippen molar-refractivity contribution in [3.63, 3.8) is 0 Å². The van der Waals surface area contributed by atoms with Gasteiger partial charge in [0.15, 0.2) is 0 Å². The van der Waals surface area contributed by atoms with Crippen LogP contribution in [0, 0.1) is 17.7 Å². The first kappa shape index (κ1) is 21.2. The van der Waals surface area contributed by atoms with Gasteiger partial charge in [-0.3, -0.25) is 14.5 Å². The second kappa shape index (κ2) is 8.23. The molecule has 2 aliphatic rings. The quantitative estimate of drug-likeness (QED) is 0.563. The minimum absolute atomic E-state index is 0.143. The van der Waals surface area contributed by atoms with Gasteiger partial charge in [0.1, 0.15) is 23.7 Å². The Kier molecular flexibility index (Phi) is 5.62. The minimum Gasteiger partial charge on any atom is -0.461 e. The van der Waals surface area contributed by atoms with Gasteiger partial charge in [0.2, 0.25) is 17.4 Å². The van der Waals surface area contributed by atoms with Crippen molar-refractivity contribution in [1.29, 1.82) is 0 Å². The summed E-state index contributed by atoms with van der Waals surface area (Å²) in [6.45, 7) is 3.78. The van der Waals surface area contributed by atoms with E-state index in [1.807, 2.05) is 30.3 Å². The third kappa shape index (κ3) is 3.33. The van der Waals surface area contributed by atoms with Gasteiger partial charge < -0.3 is 10.1 Å². The number of esters is 1. The molecule has 2 N–H and O–H groups in total. The Balaban J connectivity index is 1.89. The smallest absolute Gasteiger partial charge is 0.369 e. The first-order valence-corrected chi connectivity index (χ1v) is 10.6. The van der Waals surface area contributed by atoms with Crippen LogP contribution in [0.15, 0.2) is 54.6 Å². The van der Waals surface area contributed by atoms with Gasteiger partial charge in [-0.15, -0.1) is 0 Å². The summed E-state index contributed by atoms with van der Waals surface area (Å²) in [5.74, 6) is -3.53. The van der Waals surface area contributed by atoms with Crippen LogP contribution in [-0.4, -0.2) is 41.4 Å². The van der Waals surface area contributed by atoms with Gasteiger partial charge in [0.25, 0.3) is 0 Å². The van der Waals surface area contributed by atoms with E-state index < -0.39 is 41.1 Å². The van der Waals surface area contributed by atoms with E-state index >= 15 is 0 Å². The Labute approximate surface area is 180 Å². The first-order chi connectivity index (χ1) is 14.9. The lowest BCUT2D eigenvalue weighted by Crippen LogP contribution is -2.98. The molecule has 162 valence electrons. The van der Waals surface area contributed by atoms with E-state index in [1.54, 1.807) is 37.4 Å². The predicted molar refractivity (Wildman–Crippen MR) is 110 cm³/mol. The van der Waals surface area contributed by atoms with Crippen LogP contribution in [0.5, 0.6) is 0 Å². The molecule has 4 atom stereocenters. The van der Waals surface area contributed by atoms with Crippen LogP contribution >= 0.6 is 0 Å². The van der Waals surface area contributed by atoms with Gasteiger partial charge in [0.05, 0.1) is 6.61 Å². The van der Waals surface area contributed by atoms with Gasteiger partial charge in [0, 0.05) is 18.5 Å². The van der Waals surface area contributed by atoms with Gasteiger partial charge in [-0.2, -0.15) is 0 Å². The van der Waals surface area contributed by atoms with Gasteiger partial charge >= 0.3 is 5.97 Å². The average Bonchev–Trinajstić information content (AvgIpc) is 3.23. The maximum atomic E-state index is 14.8. The van der Waals surface area contributed by atoms with E-state index in [0.29, 0.717) is 5.56 Å². The fourth-order valence-electron chi connectivity index (χ4n) is 5.16. The maximum absolute atomic E-state index is 14.8. The molecule has 2 aromatic rings. The molecule has 6 nitrogen and oxygen atoms in total. The summed E-state index contributed by atoms with van der Waals surface area (Å²) < 4.78 is 20.2. The molecule has 0 aromatic heterocycles. The third-order valence-corrected chi connectivity index (χ3v) is 6.44. The number of carbonyl (C=O) groups is 3. The van der Waals surface area contributed by atoms with Crippen molar-refractivity contribution in [3.05, 3.63) is 71.5 Å². The maximum Gasteiger partial charge on any atom is 0.369 e. The van der Waals surface area contributed by atoms with E-state index in [-0.39, 0.29) is 25.5 Å². The molecule has 2 fully saturated rings. The fourth-order valence-corrected chi connectivity index (χ4v) is 5.16. The van der Waals surface area contributed by atoms with Crippen LogP contribution < -0.4 is 5.32 Å². The predicted octanol–water partition coefficient (Wildman–Crippen LogP) is 1.61. The zero-order valence-electron chi connectivity index (χ0n) is 17.6. The molecule has 2 heterocycles. The normalized spacial score (nSPS) is 27.5. The molecule has 0 unspecified atom stereocenters. The molecular weight excluding hydrogens is 399 g/mol. The second-order valence-corrected chi connectivity index (χ2v) is 8.06. The number of benzene rings is 2. The van der Waals surface area contributed by atoms with Crippen molar-refractivity contribution in [2.24, 2.45) is 11.8 Å². The van der Waals surface area contributed by atoms with Crippen molar-refractivity contribution in [3.8, 4) is 0 Å². The monoisotopic (exact) mass is 425 g/mol.